The number of rotatable bonds is 2. The third-order valence-corrected chi connectivity index (χ3v) is 3.88. The van der Waals surface area contributed by atoms with Crippen LogP contribution < -0.4 is 4.74 Å². The van der Waals surface area contributed by atoms with Crippen LogP contribution in [0.2, 0.25) is 10.0 Å². The summed E-state index contributed by atoms with van der Waals surface area (Å²) >= 11 is 18.2. The van der Waals surface area contributed by atoms with Crippen LogP contribution in [0.4, 0.5) is 4.39 Å². The van der Waals surface area contributed by atoms with Gasteiger partial charge in [-0.05, 0) is 44.0 Å². The number of ether oxygens (including phenoxy) is 1. The van der Waals surface area contributed by atoms with Gasteiger partial charge >= 0.3 is 0 Å². The van der Waals surface area contributed by atoms with Crippen LogP contribution in [0.1, 0.15) is 0 Å². The summed E-state index contributed by atoms with van der Waals surface area (Å²) in [5.74, 6) is -0.531. The molecule has 0 bridgehead atoms. The van der Waals surface area contributed by atoms with E-state index in [0.717, 1.165) is 0 Å². The van der Waals surface area contributed by atoms with Crippen molar-refractivity contribution in [1.82, 2.24) is 4.98 Å². The lowest BCUT2D eigenvalue weighted by Crippen LogP contribution is -1.93. The Kier molecular flexibility index (Phi) is 4.48. The number of hydrogen-bond acceptors (Lipinski definition) is 2. The summed E-state index contributed by atoms with van der Waals surface area (Å²) < 4.78 is 20.0. The first-order chi connectivity index (χ1) is 8.47. The predicted molar refractivity (Wildman–Crippen MR) is 76.1 cm³/mol. The molecule has 0 radical (unpaired) electrons. The molecule has 2 rings (SSSR count). The molecular formula is C11H4Br2Cl2FNO. The molecule has 0 saturated heterocycles. The molecule has 0 aliphatic rings. The second kappa shape index (κ2) is 5.74. The topological polar surface area (TPSA) is 22.1 Å². The van der Waals surface area contributed by atoms with Crippen LogP contribution in [0.3, 0.4) is 0 Å². The summed E-state index contributed by atoms with van der Waals surface area (Å²) in [6, 6.07) is 4.30. The van der Waals surface area contributed by atoms with Gasteiger partial charge in [-0.2, -0.15) is 0 Å². The largest absolute Gasteiger partial charge is 0.435 e. The maximum atomic E-state index is 13.5. The molecule has 0 aliphatic carbocycles. The van der Waals surface area contributed by atoms with E-state index in [4.69, 9.17) is 27.9 Å². The maximum Gasteiger partial charge on any atom is 0.255 e. The van der Waals surface area contributed by atoms with Gasteiger partial charge in [-0.1, -0.05) is 23.2 Å². The molecule has 0 atom stereocenters. The number of halogens is 5. The van der Waals surface area contributed by atoms with Crippen molar-refractivity contribution in [2.75, 3.05) is 0 Å². The van der Waals surface area contributed by atoms with Crippen LogP contribution in [-0.2, 0) is 0 Å². The smallest absolute Gasteiger partial charge is 0.255 e. The Bertz CT molecular complexity index is 610. The van der Waals surface area contributed by atoms with E-state index >= 15 is 0 Å². The third kappa shape index (κ3) is 3.15. The van der Waals surface area contributed by atoms with Crippen LogP contribution >= 0.6 is 55.1 Å². The minimum absolute atomic E-state index is 0.168. The van der Waals surface area contributed by atoms with E-state index in [1.165, 1.54) is 18.3 Å². The maximum absolute atomic E-state index is 13.5. The summed E-state index contributed by atoms with van der Waals surface area (Å²) in [5, 5.41) is 0.710. The first-order valence-corrected chi connectivity index (χ1v) is 6.95. The lowest BCUT2D eigenvalue weighted by Gasteiger charge is -2.08. The highest BCUT2D eigenvalue weighted by atomic mass is 79.9. The minimum atomic E-state index is -0.598. The molecule has 18 heavy (non-hydrogen) atoms. The van der Waals surface area contributed by atoms with Crippen molar-refractivity contribution in [1.29, 1.82) is 0 Å². The van der Waals surface area contributed by atoms with Crippen LogP contribution in [0, 0.1) is 5.82 Å². The first-order valence-electron chi connectivity index (χ1n) is 4.61. The first kappa shape index (κ1) is 14.1. The van der Waals surface area contributed by atoms with Crippen molar-refractivity contribution < 1.29 is 9.13 Å². The van der Waals surface area contributed by atoms with Gasteiger partial charge in [0.2, 0.25) is 0 Å². The summed E-state index contributed by atoms with van der Waals surface area (Å²) in [6.07, 6.45) is 1.42. The van der Waals surface area contributed by atoms with Gasteiger partial charge in [0.1, 0.15) is 5.75 Å². The predicted octanol–water partition coefficient (Wildman–Crippen LogP) is 5.84. The number of pyridine rings is 1. The van der Waals surface area contributed by atoms with Crippen molar-refractivity contribution in [3.8, 4) is 11.6 Å². The van der Waals surface area contributed by atoms with Crippen molar-refractivity contribution in [3.63, 3.8) is 0 Å². The monoisotopic (exact) mass is 413 g/mol. The second-order valence-electron chi connectivity index (χ2n) is 3.24. The molecule has 1 aromatic heterocycles. The Hall–Kier alpha value is -0.360. The third-order valence-electron chi connectivity index (χ3n) is 1.96. The van der Waals surface area contributed by atoms with Gasteiger partial charge < -0.3 is 4.74 Å². The van der Waals surface area contributed by atoms with E-state index in [1.807, 2.05) is 0 Å². The van der Waals surface area contributed by atoms with Gasteiger partial charge in [0.15, 0.2) is 5.82 Å². The highest BCUT2D eigenvalue weighted by Gasteiger charge is 2.12. The standard InChI is InChI=1S/C11H4Br2Cl2FNO/c12-5-1-9(16)11(17-4-5)18-10-3-7(14)6(13)2-8(10)15/h1-4H. The fraction of sp³-hybridized carbons (Fsp3) is 0. The normalized spacial score (nSPS) is 10.5. The van der Waals surface area contributed by atoms with Gasteiger partial charge in [-0.15, -0.1) is 0 Å². The molecule has 1 heterocycles. The Morgan fingerprint density at radius 3 is 2.50 bits per heavy atom. The fourth-order valence-corrected chi connectivity index (χ4v) is 2.30. The van der Waals surface area contributed by atoms with Crippen LogP contribution in [0.5, 0.6) is 11.6 Å². The molecule has 0 unspecified atom stereocenters. The second-order valence-corrected chi connectivity index (χ2v) is 5.82. The van der Waals surface area contributed by atoms with Crippen LogP contribution in [-0.4, -0.2) is 4.98 Å². The Balaban J connectivity index is 2.37. The average molecular weight is 416 g/mol. The summed E-state index contributed by atoms with van der Waals surface area (Å²) in [4.78, 5) is 3.81. The van der Waals surface area contributed by atoms with Gasteiger partial charge in [-0.3, -0.25) is 0 Å². The van der Waals surface area contributed by atoms with E-state index in [0.29, 0.717) is 19.0 Å². The molecule has 0 saturated carbocycles. The van der Waals surface area contributed by atoms with Crippen molar-refractivity contribution in [3.05, 3.63) is 49.2 Å². The van der Waals surface area contributed by atoms with Crippen molar-refractivity contribution >= 4 is 55.1 Å². The van der Waals surface area contributed by atoms with E-state index in [9.17, 15) is 4.39 Å². The SMILES string of the molecule is Fc1cc(Br)cnc1Oc1cc(Cl)c(Br)cc1Cl. The molecule has 94 valence electrons. The van der Waals surface area contributed by atoms with Gasteiger partial charge in [-0.25, -0.2) is 9.37 Å². The number of aromatic nitrogens is 1. The highest BCUT2D eigenvalue weighted by Crippen LogP contribution is 2.36. The van der Waals surface area contributed by atoms with Gasteiger partial charge in [0, 0.05) is 21.2 Å². The molecule has 0 spiro atoms. The molecule has 0 N–H and O–H groups in total. The molecule has 0 fully saturated rings. The number of benzene rings is 1. The summed E-state index contributed by atoms with van der Waals surface area (Å²) in [6.45, 7) is 0. The Morgan fingerprint density at radius 2 is 1.83 bits per heavy atom. The molecule has 2 aromatic rings. The van der Waals surface area contributed by atoms with Gasteiger partial charge in [0.05, 0.1) is 10.0 Å². The lowest BCUT2D eigenvalue weighted by atomic mass is 10.3. The molecular weight excluding hydrogens is 412 g/mol. The van der Waals surface area contributed by atoms with Crippen LogP contribution in [0.15, 0.2) is 33.3 Å². The zero-order valence-electron chi connectivity index (χ0n) is 8.55. The number of nitrogens with zero attached hydrogens (tertiary/aromatic N) is 1. The van der Waals surface area contributed by atoms with E-state index < -0.39 is 5.82 Å². The quantitative estimate of drug-likeness (QED) is 0.574. The molecule has 0 amide bonds. The fourth-order valence-electron chi connectivity index (χ4n) is 1.16. The Labute approximate surface area is 129 Å². The average Bonchev–Trinajstić information content (AvgIpc) is 2.29. The van der Waals surface area contributed by atoms with E-state index in [-0.39, 0.29) is 11.6 Å². The molecule has 0 aliphatic heterocycles. The lowest BCUT2D eigenvalue weighted by molar-refractivity contribution is 0.422. The van der Waals surface area contributed by atoms with Crippen molar-refractivity contribution in [2.24, 2.45) is 0 Å². The van der Waals surface area contributed by atoms with E-state index in [1.54, 1.807) is 6.07 Å². The summed E-state index contributed by atoms with van der Waals surface area (Å²) in [5.41, 5.74) is 0. The zero-order valence-corrected chi connectivity index (χ0v) is 13.2. The summed E-state index contributed by atoms with van der Waals surface area (Å²) in [7, 11) is 0. The Morgan fingerprint density at radius 1 is 1.11 bits per heavy atom. The van der Waals surface area contributed by atoms with Crippen LogP contribution in [0.25, 0.3) is 0 Å². The molecule has 7 heteroatoms. The number of hydrogen-bond donors (Lipinski definition) is 0. The van der Waals surface area contributed by atoms with E-state index in [2.05, 4.69) is 36.8 Å². The van der Waals surface area contributed by atoms with Crippen molar-refractivity contribution in [2.45, 2.75) is 0 Å². The molecule has 2 nitrogen and oxygen atoms in total. The highest BCUT2D eigenvalue weighted by molar-refractivity contribution is 9.10. The van der Waals surface area contributed by atoms with Gasteiger partial charge in [0.25, 0.3) is 5.88 Å². The minimum Gasteiger partial charge on any atom is -0.435 e. The molecule has 1 aromatic carbocycles. The zero-order chi connectivity index (χ0) is 13.3.